The van der Waals surface area contributed by atoms with E-state index in [0.717, 1.165) is 23.5 Å². The van der Waals surface area contributed by atoms with Crippen LogP contribution in [0.1, 0.15) is 55.8 Å². The third-order valence-corrected chi connectivity index (χ3v) is 4.12. The zero-order valence-corrected chi connectivity index (χ0v) is 14.3. The van der Waals surface area contributed by atoms with Gasteiger partial charge in [0.2, 0.25) is 0 Å². The maximum Gasteiger partial charge on any atom is 0.254 e. The highest BCUT2D eigenvalue weighted by molar-refractivity contribution is 5.93. The van der Waals surface area contributed by atoms with E-state index < -0.39 is 6.10 Å². The predicted molar refractivity (Wildman–Crippen MR) is 92.8 cm³/mol. The first-order chi connectivity index (χ1) is 11.5. The molecule has 1 saturated heterocycles. The fourth-order valence-electron chi connectivity index (χ4n) is 2.86. The van der Waals surface area contributed by atoms with Crippen LogP contribution in [0.4, 0.5) is 5.82 Å². The van der Waals surface area contributed by atoms with E-state index in [1.807, 2.05) is 51.1 Å². The van der Waals surface area contributed by atoms with Crippen LogP contribution in [0.3, 0.4) is 0 Å². The molecule has 1 aromatic heterocycles. The van der Waals surface area contributed by atoms with Crippen molar-refractivity contribution in [3.8, 4) is 0 Å². The second kappa shape index (κ2) is 7.09. The van der Waals surface area contributed by atoms with E-state index in [4.69, 9.17) is 4.74 Å². The number of aryl methyl sites for hydroxylation is 1. The lowest BCUT2D eigenvalue weighted by molar-refractivity contribution is -0.126. The van der Waals surface area contributed by atoms with E-state index in [2.05, 4.69) is 15.3 Å². The molecular weight excluding hydrogens is 302 g/mol. The minimum atomic E-state index is -0.437. The average molecular weight is 325 g/mol. The number of anilines is 1. The Morgan fingerprint density at radius 2 is 1.96 bits per heavy atom. The van der Waals surface area contributed by atoms with Gasteiger partial charge in [-0.05, 0) is 25.3 Å². The molecule has 0 radical (unpaired) electrons. The number of hydrogen-bond donors (Lipinski definition) is 1. The first-order valence-electron chi connectivity index (χ1n) is 8.40. The minimum absolute atomic E-state index is 0.0136. The summed E-state index contributed by atoms with van der Waals surface area (Å²) in [5.41, 5.74) is 1.96. The van der Waals surface area contributed by atoms with Crippen LogP contribution in [-0.4, -0.2) is 22.0 Å². The lowest BCUT2D eigenvalue weighted by Crippen LogP contribution is -2.28. The fourth-order valence-corrected chi connectivity index (χ4v) is 2.86. The number of nitrogens with one attached hydrogen (secondary N) is 1. The summed E-state index contributed by atoms with van der Waals surface area (Å²) in [5.74, 6) is 1.36. The van der Waals surface area contributed by atoms with Crippen molar-refractivity contribution in [3.63, 3.8) is 0 Å². The van der Waals surface area contributed by atoms with Gasteiger partial charge in [-0.15, -0.1) is 0 Å². The van der Waals surface area contributed by atoms with Crippen molar-refractivity contribution >= 4 is 11.7 Å². The number of carbonyl (C=O) groups excluding carboxylic acids is 1. The van der Waals surface area contributed by atoms with Crippen molar-refractivity contribution in [2.24, 2.45) is 0 Å². The number of rotatable bonds is 4. The fraction of sp³-hybridized carbons (Fsp3) is 0.421. The summed E-state index contributed by atoms with van der Waals surface area (Å²) in [6.07, 6.45) is 1.11. The van der Waals surface area contributed by atoms with Crippen LogP contribution in [0, 0.1) is 6.92 Å². The monoisotopic (exact) mass is 325 g/mol. The van der Waals surface area contributed by atoms with Gasteiger partial charge in [0.25, 0.3) is 5.91 Å². The highest BCUT2D eigenvalue weighted by Crippen LogP contribution is 2.33. The number of benzene rings is 1. The zero-order chi connectivity index (χ0) is 17.1. The Bertz CT molecular complexity index is 716. The van der Waals surface area contributed by atoms with Crippen LogP contribution >= 0.6 is 0 Å². The molecule has 126 valence electrons. The van der Waals surface area contributed by atoms with Gasteiger partial charge in [0.15, 0.2) is 0 Å². The molecule has 1 amide bonds. The van der Waals surface area contributed by atoms with Gasteiger partial charge in [-0.25, -0.2) is 9.97 Å². The van der Waals surface area contributed by atoms with Crippen LogP contribution in [0.2, 0.25) is 0 Å². The van der Waals surface area contributed by atoms with Gasteiger partial charge in [-0.1, -0.05) is 44.2 Å². The summed E-state index contributed by atoms with van der Waals surface area (Å²) < 4.78 is 5.93. The van der Waals surface area contributed by atoms with Crippen molar-refractivity contribution in [2.45, 2.75) is 51.7 Å². The maximum atomic E-state index is 12.5. The quantitative estimate of drug-likeness (QED) is 0.929. The molecule has 0 saturated carbocycles. The summed E-state index contributed by atoms with van der Waals surface area (Å²) >= 11 is 0. The summed E-state index contributed by atoms with van der Waals surface area (Å²) in [5, 5.41) is 2.88. The van der Waals surface area contributed by atoms with Crippen molar-refractivity contribution in [1.29, 1.82) is 0 Å². The van der Waals surface area contributed by atoms with Crippen molar-refractivity contribution in [1.82, 2.24) is 9.97 Å². The molecule has 5 nitrogen and oxygen atoms in total. The van der Waals surface area contributed by atoms with Crippen LogP contribution in [0.5, 0.6) is 0 Å². The summed E-state index contributed by atoms with van der Waals surface area (Å²) in [7, 11) is 0. The molecule has 2 heterocycles. The normalized spacial score (nSPS) is 20.3. The molecule has 2 aromatic rings. The lowest BCUT2D eigenvalue weighted by Gasteiger charge is -2.14. The van der Waals surface area contributed by atoms with Crippen molar-refractivity contribution < 1.29 is 9.53 Å². The number of hydrogen-bond acceptors (Lipinski definition) is 4. The third kappa shape index (κ3) is 3.79. The number of amides is 1. The van der Waals surface area contributed by atoms with E-state index in [9.17, 15) is 4.79 Å². The van der Waals surface area contributed by atoms with Gasteiger partial charge < -0.3 is 10.1 Å². The minimum Gasteiger partial charge on any atom is -0.360 e. The molecule has 1 fully saturated rings. The van der Waals surface area contributed by atoms with Crippen LogP contribution in [0.25, 0.3) is 0 Å². The number of carbonyl (C=O) groups is 1. The van der Waals surface area contributed by atoms with Gasteiger partial charge in [0, 0.05) is 17.7 Å². The second-order valence-electron chi connectivity index (χ2n) is 6.50. The van der Waals surface area contributed by atoms with Crippen LogP contribution < -0.4 is 5.32 Å². The van der Waals surface area contributed by atoms with Crippen LogP contribution in [0.15, 0.2) is 36.4 Å². The van der Waals surface area contributed by atoms with Crippen molar-refractivity contribution in [3.05, 3.63) is 53.5 Å². The zero-order valence-electron chi connectivity index (χ0n) is 14.3. The number of aromatic nitrogens is 2. The summed E-state index contributed by atoms with van der Waals surface area (Å²) in [4.78, 5) is 21.3. The standard InChI is InChI=1S/C19H23N3O2/c1-12(2)18-20-13(3)11-17(21-18)22-19(23)16-10-9-15(24-16)14-7-5-4-6-8-14/h4-8,11-12,15-16H,9-10H2,1-3H3,(H,20,21,22,23)/t15-,16+/m0/s1. The average Bonchev–Trinajstić information content (AvgIpc) is 3.05. The Hall–Kier alpha value is -2.27. The second-order valence-corrected chi connectivity index (χ2v) is 6.50. The van der Waals surface area contributed by atoms with Gasteiger partial charge in [-0.2, -0.15) is 0 Å². The van der Waals surface area contributed by atoms with Gasteiger partial charge in [-0.3, -0.25) is 4.79 Å². The Labute approximate surface area is 142 Å². The number of ether oxygens (including phenoxy) is 1. The molecule has 5 heteroatoms. The first kappa shape index (κ1) is 16.6. The summed E-state index contributed by atoms with van der Waals surface area (Å²) in [6, 6.07) is 11.8. The molecule has 1 aromatic carbocycles. The SMILES string of the molecule is Cc1cc(NC(=O)[C@H]2CC[C@@H](c3ccccc3)O2)nc(C(C)C)n1. The molecule has 1 aliphatic heterocycles. The number of nitrogens with zero attached hydrogens (tertiary/aromatic N) is 2. The van der Waals surface area contributed by atoms with Crippen LogP contribution in [-0.2, 0) is 9.53 Å². The highest BCUT2D eigenvalue weighted by atomic mass is 16.5. The smallest absolute Gasteiger partial charge is 0.254 e. The Balaban J connectivity index is 1.66. The van der Waals surface area contributed by atoms with Gasteiger partial charge in [0.05, 0.1) is 6.10 Å². The van der Waals surface area contributed by atoms with Gasteiger partial charge >= 0.3 is 0 Å². The molecule has 1 aliphatic rings. The topological polar surface area (TPSA) is 64.1 Å². The van der Waals surface area contributed by atoms with E-state index >= 15 is 0 Å². The van der Waals surface area contributed by atoms with E-state index in [1.165, 1.54) is 0 Å². The molecule has 0 bridgehead atoms. The summed E-state index contributed by atoms with van der Waals surface area (Å²) in [6.45, 7) is 5.97. The van der Waals surface area contributed by atoms with Crippen molar-refractivity contribution in [2.75, 3.05) is 5.32 Å². The third-order valence-electron chi connectivity index (χ3n) is 4.12. The lowest BCUT2D eigenvalue weighted by atomic mass is 10.1. The molecule has 24 heavy (non-hydrogen) atoms. The van der Waals surface area contributed by atoms with Gasteiger partial charge in [0.1, 0.15) is 17.7 Å². The Kier molecular flexibility index (Phi) is 4.90. The predicted octanol–water partition coefficient (Wildman–Crippen LogP) is 3.77. The Morgan fingerprint density at radius 1 is 1.21 bits per heavy atom. The Morgan fingerprint density at radius 3 is 2.67 bits per heavy atom. The molecule has 2 atom stereocenters. The molecule has 1 N–H and O–H groups in total. The molecule has 0 aliphatic carbocycles. The maximum absolute atomic E-state index is 12.5. The molecule has 0 spiro atoms. The molecule has 0 unspecified atom stereocenters. The van der Waals surface area contributed by atoms with E-state index in [0.29, 0.717) is 12.2 Å². The van der Waals surface area contributed by atoms with E-state index in [-0.39, 0.29) is 17.9 Å². The van der Waals surface area contributed by atoms with E-state index in [1.54, 1.807) is 6.07 Å². The first-order valence-corrected chi connectivity index (χ1v) is 8.40. The molecule has 3 rings (SSSR count). The molecular formula is C19H23N3O2. The highest BCUT2D eigenvalue weighted by Gasteiger charge is 2.31. The largest absolute Gasteiger partial charge is 0.360 e.